The topological polar surface area (TPSA) is 52.7 Å². The molecule has 1 fully saturated rings. The number of rotatable bonds is 8. The number of nitrogens with one attached hydrogen (secondary N) is 1. The Hall–Kier alpha value is -1.95. The molecule has 0 aliphatic carbocycles. The van der Waals surface area contributed by atoms with Gasteiger partial charge in [0.1, 0.15) is 5.82 Å². The number of carbonyl (C=O) groups is 2. The van der Waals surface area contributed by atoms with Crippen LogP contribution < -0.4 is 5.32 Å². The highest BCUT2D eigenvalue weighted by atomic mass is 19.1. The molecule has 1 aliphatic rings. The van der Waals surface area contributed by atoms with Crippen molar-refractivity contribution >= 4 is 11.8 Å². The van der Waals surface area contributed by atoms with Crippen LogP contribution in [0, 0.1) is 5.82 Å². The van der Waals surface area contributed by atoms with E-state index in [9.17, 15) is 14.0 Å². The molecule has 0 saturated carbocycles. The molecule has 0 aromatic heterocycles. The molecule has 1 aromatic carbocycles. The van der Waals surface area contributed by atoms with Crippen molar-refractivity contribution in [2.45, 2.75) is 58.7 Å². The van der Waals surface area contributed by atoms with Crippen LogP contribution in [0.15, 0.2) is 24.3 Å². The van der Waals surface area contributed by atoms with Gasteiger partial charge in [0.2, 0.25) is 11.8 Å². The summed E-state index contributed by atoms with van der Waals surface area (Å²) in [6.07, 6.45) is 2.16. The Labute approximate surface area is 155 Å². The van der Waals surface area contributed by atoms with Crippen LogP contribution in [-0.2, 0) is 16.1 Å². The van der Waals surface area contributed by atoms with Gasteiger partial charge in [-0.3, -0.25) is 14.5 Å². The minimum atomic E-state index is -0.482. The molecule has 1 saturated heterocycles. The summed E-state index contributed by atoms with van der Waals surface area (Å²) in [5, 5.41) is 2.86. The van der Waals surface area contributed by atoms with Crippen molar-refractivity contribution < 1.29 is 14.0 Å². The Morgan fingerprint density at radius 1 is 1.35 bits per heavy atom. The second-order valence-corrected chi connectivity index (χ2v) is 7.14. The SMILES string of the molecule is CCCCN(C(=O)CC1C(=O)NCCN1Cc1ccc(F)cc1)C(C)C. The Balaban J connectivity index is 2.07. The number of piperazine rings is 1. The second kappa shape index (κ2) is 9.67. The van der Waals surface area contributed by atoms with Gasteiger partial charge in [-0.15, -0.1) is 0 Å². The summed E-state index contributed by atoms with van der Waals surface area (Å²) in [5.74, 6) is -0.370. The van der Waals surface area contributed by atoms with E-state index in [0.717, 1.165) is 24.9 Å². The molecule has 0 bridgehead atoms. The fourth-order valence-electron chi connectivity index (χ4n) is 3.28. The van der Waals surface area contributed by atoms with Gasteiger partial charge in [-0.05, 0) is 38.0 Å². The summed E-state index contributed by atoms with van der Waals surface area (Å²) >= 11 is 0. The quantitative estimate of drug-likeness (QED) is 0.772. The maximum atomic E-state index is 13.1. The van der Waals surface area contributed by atoms with E-state index >= 15 is 0 Å². The first kappa shape index (κ1) is 20.4. The van der Waals surface area contributed by atoms with Crippen molar-refractivity contribution in [3.8, 4) is 0 Å². The van der Waals surface area contributed by atoms with Crippen LogP contribution in [0.4, 0.5) is 4.39 Å². The van der Waals surface area contributed by atoms with Crippen molar-refractivity contribution in [1.29, 1.82) is 0 Å². The monoisotopic (exact) mass is 363 g/mol. The summed E-state index contributed by atoms with van der Waals surface area (Å²) in [6, 6.07) is 5.93. The van der Waals surface area contributed by atoms with E-state index in [4.69, 9.17) is 0 Å². The van der Waals surface area contributed by atoms with E-state index in [1.54, 1.807) is 12.1 Å². The summed E-state index contributed by atoms with van der Waals surface area (Å²) in [4.78, 5) is 29.1. The van der Waals surface area contributed by atoms with Gasteiger partial charge in [0.15, 0.2) is 0 Å². The number of halogens is 1. The molecule has 5 nitrogen and oxygen atoms in total. The lowest BCUT2D eigenvalue weighted by atomic mass is 10.1. The van der Waals surface area contributed by atoms with Crippen molar-refractivity contribution in [2.24, 2.45) is 0 Å². The number of hydrogen-bond donors (Lipinski definition) is 1. The van der Waals surface area contributed by atoms with Crippen LogP contribution in [-0.4, -0.2) is 53.3 Å². The van der Waals surface area contributed by atoms with Crippen LogP contribution in [0.3, 0.4) is 0 Å². The van der Waals surface area contributed by atoms with E-state index < -0.39 is 6.04 Å². The Morgan fingerprint density at radius 2 is 2.04 bits per heavy atom. The Morgan fingerprint density at radius 3 is 2.65 bits per heavy atom. The van der Waals surface area contributed by atoms with Crippen molar-refractivity contribution in [1.82, 2.24) is 15.1 Å². The highest BCUT2D eigenvalue weighted by molar-refractivity contribution is 5.89. The minimum Gasteiger partial charge on any atom is -0.353 e. The lowest BCUT2D eigenvalue weighted by Crippen LogP contribution is -2.56. The normalized spacial score (nSPS) is 18.0. The van der Waals surface area contributed by atoms with E-state index in [1.807, 2.05) is 23.6 Å². The molecule has 144 valence electrons. The number of unbranched alkanes of at least 4 members (excludes halogenated alkanes) is 1. The maximum Gasteiger partial charge on any atom is 0.237 e. The smallest absolute Gasteiger partial charge is 0.237 e. The fraction of sp³-hybridized carbons (Fsp3) is 0.600. The third-order valence-corrected chi connectivity index (χ3v) is 4.80. The van der Waals surface area contributed by atoms with Crippen LogP contribution in [0.2, 0.25) is 0 Å². The van der Waals surface area contributed by atoms with Gasteiger partial charge in [-0.1, -0.05) is 25.5 Å². The van der Waals surface area contributed by atoms with E-state index in [-0.39, 0.29) is 30.1 Å². The zero-order valence-corrected chi connectivity index (χ0v) is 16.0. The lowest BCUT2D eigenvalue weighted by Gasteiger charge is -2.36. The molecule has 1 aliphatic heterocycles. The third kappa shape index (κ3) is 5.53. The van der Waals surface area contributed by atoms with Gasteiger partial charge in [0.05, 0.1) is 12.5 Å². The largest absolute Gasteiger partial charge is 0.353 e. The zero-order valence-electron chi connectivity index (χ0n) is 16.0. The van der Waals surface area contributed by atoms with Crippen molar-refractivity contribution in [3.05, 3.63) is 35.6 Å². The highest BCUT2D eigenvalue weighted by Crippen LogP contribution is 2.16. The number of hydrogen-bond acceptors (Lipinski definition) is 3. The molecule has 6 heteroatoms. The number of benzene rings is 1. The lowest BCUT2D eigenvalue weighted by molar-refractivity contribution is -0.140. The molecular weight excluding hydrogens is 333 g/mol. The number of nitrogens with zero attached hydrogens (tertiary/aromatic N) is 2. The van der Waals surface area contributed by atoms with Crippen LogP contribution in [0.25, 0.3) is 0 Å². The van der Waals surface area contributed by atoms with Crippen LogP contribution in [0.5, 0.6) is 0 Å². The average molecular weight is 363 g/mol. The van der Waals surface area contributed by atoms with Gasteiger partial charge in [0, 0.05) is 32.2 Å². The third-order valence-electron chi connectivity index (χ3n) is 4.80. The summed E-state index contributed by atoms with van der Waals surface area (Å²) in [6.45, 7) is 8.60. The molecule has 0 spiro atoms. The molecule has 1 N–H and O–H groups in total. The fourth-order valence-corrected chi connectivity index (χ4v) is 3.28. The second-order valence-electron chi connectivity index (χ2n) is 7.14. The van der Waals surface area contributed by atoms with E-state index in [2.05, 4.69) is 12.2 Å². The Bertz CT molecular complexity index is 604. The van der Waals surface area contributed by atoms with E-state index in [0.29, 0.717) is 19.6 Å². The zero-order chi connectivity index (χ0) is 19.1. The van der Waals surface area contributed by atoms with Gasteiger partial charge >= 0.3 is 0 Å². The molecule has 2 rings (SSSR count). The summed E-state index contributed by atoms with van der Waals surface area (Å²) in [7, 11) is 0. The summed E-state index contributed by atoms with van der Waals surface area (Å²) < 4.78 is 13.1. The first-order chi connectivity index (χ1) is 12.4. The van der Waals surface area contributed by atoms with Crippen molar-refractivity contribution in [3.63, 3.8) is 0 Å². The van der Waals surface area contributed by atoms with Crippen LogP contribution in [0.1, 0.15) is 45.6 Å². The molecule has 26 heavy (non-hydrogen) atoms. The molecule has 1 atom stereocenters. The Kier molecular flexibility index (Phi) is 7.57. The first-order valence-corrected chi connectivity index (χ1v) is 9.48. The molecule has 1 aromatic rings. The molecular formula is C20H30FN3O2. The molecule has 2 amide bonds. The molecule has 0 radical (unpaired) electrons. The first-order valence-electron chi connectivity index (χ1n) is 9.48. The van der Waals surface area contributed by atoms with Crippen LogP contribution >= 0.6 is 0 Å². The van der Waals surface area contributed by atoms with Gasteiger partial charge < -0.3 is 10.2 Å². The minimum absolute atomic E-state index is 0.0135. The highest BCUT2D eigenvalue weighted by Gasteiger charge is 2.33. The standard InChI is InChI=1S/C20H30FN3O2/c1-4-5-11-24(15(2)3)19(25)13-18-20(26)22-10-12-23(18)14-16-6-8-17(21)9-7-16/h6-9,15,18H,4-5,10-14H2,1-3H3,(H,22,26). The molecule has 1 unspecified atom stereocenters. The predicted molar refractivity (Wildman–Crippen MR) is 100.0 cm³/mol. The van der Waals surface area contributed by atoms with Crippen molar-refractivity contribution in [2.75, 3.05) is 19.6 Å². The van der Waals surface area contributed by atoms with Gasteiger partial charge in [-0.2, -0.15) is 0 Å². The molecule has 1 heterocycles. The van der Waals surface area contributed by atoms with Gasteiger partial charge in [-0.25, -0.2) is 4.39 Å². The van der Waals surface area contributed by atoms with Gasteiger partial charge in [0.25, 0.3) is 0 Å². The maximum absolute atomic E-state index is 13.1. The number of carbonyl (C=O) groups excluding carboxylic acids is 2. The predicted octanol–water partition coefficient (Wildman–Crippen LogP) is 2.55. The number of amides is 2. The summed E-state index contributed by atoms with van der Waals surface area (Å²) in [5.41, 5.74) is 0.935. The average Bonchev–Trinajstić information content (AvgIpc) is 2.60. The van der Waals surface area contributed by atoms with E-state index in [1.165, 1.54) is 12.1 Å².